The number of primary amides is 1. The van der Waals surface area contributed by atoms with Crippen LogP contribution in [0.2, 0.25) is 0 Å². The zero-order chi connectivity index (χ0) is 19.9. The minimum absolute atomic E-state index is 0.122. The molecule has 0 aliphatic carbocycles. The van der Waals surface area contributed by atoms with Crippen LogP contribution >= 0.6 is 0 Å². The van der Waals surface area contributed by atoms with Crippen molar-refractivity contribution < 1.29 is 9.59 Å². The molecule has 0 radical (unpaired) electrons. The van der Waals surface area contributed by atoms with Crippen molar-refractivity contribution in [2.45, 2.75) is 38.4 Å². The molecule has 1 atom stereocenters. The van der Waals surface area contributed by atoms with E-state index in [1.807, 2.05) is 6.07 Å². The molecule has 1 heterocycles. The Bertz CT molecular complexity index is 784. The molecule has 6 heteroatoms. The lowest BCUT2D eigenvalue weighted by Crippen LogP contribution is -2.51. The van der Waals surface area contributed by atoms with E-state index in [1.54, 1.807) is 6.92 Å². The summed E-state index contributed by atoms with van der Waals surface area (Å²) in [4.78, 5) is 25.3. The summed E-state index contributed by atoms with van der Waals surface area (Å²) in [5.74, 6) is -0.539. The second-order valence-corrected chi connectivity index (χ2v) is 7.36. The van der Waals surface area contributed by atoms with Gasteiger partial charge in [-0.15, -0.1) is 0 Å². The van der Waals surface area contributed by atoms with E-state index in [9.17, 15) is 9.59 Å². The molecule has 0 saturated carbocycles. The molecule has 3 amide bonds. The molecule has 1 aliphatic heterocycles. The van der Waals surface area contributed by atoms with Crippen LogP contribution in [0, 0.1) is 0 Å². The molecule has 0 spiro atoms. The molecular formula is C22H28N4O2. The zero-order valence-corrected chi connectivity index (χ0v) is 16.2. The summed E-state index contributed by atoms with van der Waals surface area (Å²) in [7, 11) is 0. The number of hydrogen-bond acceptors (Lipinski definition) is 3. The summed E-state index contributed by atoms with van der Waals surface area (Å²) in [6.07, 6.45) is 1.78. The van der Waals surface area contributed by atoms with Gasteiger partial charge in [-0.3, -0.25) is 9.69 Å². The van der Waals surface area contributed by atoms with Gasteiger partial charge < -0.3 is 16.4 Å². The maximum absolute atomic E-state index is 11.9. The van der Waals surface area contributed by atoms with Gasteiger partial charge in [0, 0.05) is 25.7 Å². The minimum Gasteiger partial charge on any atom is -0.368 e. The van der Waals surface area contributed by atoms with Crippen molar-refractivity contribution in [3.05, 3.63) is 60.2 Å². The number of carbonyl (C=O) groups is 2. The Hall–Kier alpha value is -2.86. The lowest BCUT2D eigenvalue weighted by molar-refractivity contribution is -0.119. The van der Waals surface area contributed by atoms with Crippen LogP contribution in [0.5, 0.6) is 0 Å². The van der Waals surface area contributed by atoms with Crippen molar-refractivity contribution >= 4 is 11.9 Å². The van der Waals surface area contributed by atoms with Gasteiger partial charge in [0.25, 0.3) is 0 Å². The SMILES string of the molecule is C[C@@H](NC(=O)NC1CCN(Cc2ccc(-c3ccccc3)cc2)CC1)C(N)=O. The number of benzene rings is 2. The zero-order valence-electron chi connectivity index (χ0n) is 16.2. The van der Waals surface area contributed by atoms with Crippen LogP contribution in [0.4, 0.5) is 4.79 Å². The molecule has 0 bridgehead atoms. The molecule has 28 heavy (non-hydrogen) atoms. The third-order valence-electron chi connectivity index (χ3n) is 5.16. The van der Waals surface area contributed by atoms with E-state index in [4.69, 9.17) is 5.73 Å². The number of nitrogens with zero attached hydrogens (tertiary/aromatic N) is 1. The fourth-order valence-corrected chi connectivity index (χ4v) is 3.42. The Balaban J connectivity index is 1.44. The van der Waals surface area contributed by atoms with E-state index in [-0.39, 0.29) is 12.1 Å². The van der Waals surface area contributed by atoms with E-state index in [2.05, 4.69) is 64.1 Å². The first kappa shape index (κ1) is 19.9. The highest BCUT2D eigenvalue weighted by atomic mass is 16.2. The average Bonchev–Trinajstić information content (AvgIpc) is 2.70. The van der Waals surface area contributed by atoms with Crippen molar-refractivity contribution in [1.82, 2.24) is 15.5 Å². The monoisotopic (exact) mass is 380 g/mol. The van der Waals surface area contributed by atoms with Crippen LogP contribution in [0.25, 0.3) is 11.1 Å². The molecular weight excluding hydrogens is 352 g/mol. The van der Waals surface area contributed by atoms with Crippen molar-refractivity contribution in [2.24, 2.45) is 5.73 Å². The Morgan fingerprint density at radius 1 is 1.04 bits per heavy atom. The minimum atomic E-state index is -0.668. The Kier molecular flexibility index (Phi) is 6.66. The van der Waals surface area contributed by atoms with Gasteiger partial charge >= 0.3 is 6.03 Å². The number of urea groups is 1. The van der Waals surface area contributed by atoms with Crippen molar-refractivity contribution in [2.75, 3.05) is 13.1 Å². The first-order chi connectivity index (χ1) is 13.5. The molecule has 1 aliphatic rings. The van der Waals surface area contributed by atoms with E-state index >= 15 is 0 Å². The number of likely N-dealkylation sites (tertiary alicyclic amines) is 1. The van der Waals surface area contributed by atoms with Crippen LogP contribution < -0.4 is 16.4 Å². The normalized spacial score (nSPS) is 16.3. The molecule has 3 rings (SSSR count). The Morgan fingerprint density at radius 3 is 2.25 bits per heavy atom. The van der Waals surface area contributed by atoms with Gasteiger partial charge in [0.05, 0.1) is 0 Å². The Labute approximate surface area is 166 Å². The number of hydrogen-bond donors (Lipinski definition) is 3. The number of nitrogens with two attached hydrogens (primary N) is 1. The fraction of sp³-hybridized carbons (Fsp3) is 0.364. The highest BCUT2D eigenvalue weighted by molar-refractivity contribution is 5.85. The predicted molar refractivity (Wildman–Crippen MR) is 111 cm³/mol. The standard InChI is InChI=1S/C22H28N4O2/c1-16(21(23)27)24-22(28)25-20-11-13-26(14-12-20)15-17-7-9-19(10-8-17)18-5-3-2-4-6-18/h2-10,16,20H,11-15H2,1H3,(H2,23,27)(H2,24,25,28)/t16-/m1/s1. The third kappa shape index (κ3) is 5.57. The first-order valence-corrected chi connectivity index (χ1v) is 9.74. The maximum atomic E-state index is 11.9. The summed E-state index contributed by atoms with van der Waals surface area (Å²) < 4.78 is 0. The van der Waals surface area contributed by atoms with Gasteiger partial charge in [0.2, 0.25) is 5.91 Å². The number of piperidine rings is 1. The molecule has 148 valence electrons. The van der Waals surface area contributed by atoms with Crippen LogP contribution in [0.1, 0.15) is 25.3 Å². The highest BCUT2D eigenvalue weighted by Gasteiger charge is 2.21. The van der Waals surface area contributed by atoms with Gasteiger partial charge in [-0.2, -0.15) is 0 Å². The molecule has 1 saturated heterocycles. The highest BCUT2D eigenvalue weighted by Crippen LogP contribution is 2.20. The molecule has 2 aromatic rings. The van der Waals surface area contributed by atoms with Gasteiger partial charge in [0.1, 0.15) is 6.04 Å². The smallest absolute Gasteiger partial charge is 0.315 e. The fourth-order valence-electron chi connectivity index (χ4n) is 3.42. The van der Waals surface area contributed by atoms with E-state index in [0.29, 0.717) is 0 Å². The summed E-state index contributed by atoms with van der Waals surface area (Å²) in [5.41, 5.74) is 8.91. The van der Waals surface area contributed by atoms with Crippen LogP contribution in [0.15, 0.2) is 54.6 Å². The molecule has 0 unspecified atom stereocenters. The lowest BCUT2D eigenvalue weighted by atomic mass is 10.0. The van der Waals surface area contributed by atoms with Crippen molar-refractivity contribution in [3.63, 3.8) is 0 Å². The summed E-state index contributed by atoms with van der Waals surface area (Å²) in [5, 5.41) is 5.49. The molecule has 2 aromatic carbocycles. The number of nitrogens with one attached hydrogen (secondary N) is 2. The number of carbonyl (C=O) groups excluding carboxylic acids is 2. The van der Waals surface area contributed by atoms with Gasteiger partial charge in [-0.05, 0) is 36.5 Å². The average molecular weight is 380 g/mol. The van der Waals surface area contributed by atoms with E-state index in [0.717, 1.165) is 32.5 Å². The maximum Gasteiger partial charge on any atom is 0.315 e. The number of rotatable bonds is 6. The second kappa shape index (κ2) is 9.37. The topological polar surface area (TPSA) is 87.5 Å². The largest absolute Gasteiger partial charge is 0.368 e. The van der Waals surface area contributed by atoms with E-state index in [1.165, 1.54) is 16.7 Å². The molecule has 4 N–H and O–H groups in total. The Morgan fingerprint density at radius 2 is 1.64 bits per heavy atom. The van der Waals surface area contributed by atoms with Gasteiger partial charge in [-0.25, -0.2) is 4.79 Å². The third-order valence-corrected chi connectivity index (χ3v) is 5.16. The second-order valence-electron chi connectivity index (χ2n) is 7.36. The predicted octanol–water partition coefficient (Wildman–Crippen LogP) is 2.49. The van der Waals surface area contributed by atoms with Crippen LogP contribution in [0.3, 0.4) is 0 Å². The summed E-state index contributed by atoms with van der Waals surface area (Å²) >= 11 is 0. The quantitative estimate of drug-likeness (QED) is 0.719. The van der Waals surface area contributed by atoms with Crippen LogP contribution in [-0.4, -0.2) is 42.0 Å². The first-order valence-electron chi connectivity index (χ1n) is 9.74. The summed E-state index contributed by atoms with van der Waals surface area (Å²) in [6.45, 7) is 4.34. The van der Waals surface area contributed by atoms with Crippen LogP contribution in [-0.2, 0) is 11.3 Å². The molecule has 1 fully saturated rings. The van der Waals surface area contributed by atoms with Crippen molar-refractivity contribution in [1.29, 1.82) is 0 Å². The molecule has 0 aromatic heterocycles. The van der Waals surface area contributed by atoms with Gasteiger partial charge in [0.15, 0.2) is 0 Å². The lowest BCUT2D eigenvalue weighted by Gasteiger charge is -2.32. The van der Waals surface area contributed by atoms with E-state index < -0.39 is 11.9 Å². The summed E-state index contributed by atoms with van der Waals surface area (Å²) in [6, 6.07) is 18.2. The van der Waals surface area contributed by atoms with Gasteiger partial charge in [-0.1, -0.05) is 54.6 Å². The van der Waals surface area contributed by atoms with Crippen molar-refractivity contribution in [3.8, 4) is 11.1 Å². The molecule has 6 nitrogen and oxygen atoms in total. The number of amides is 3.